The molecule has 24 heavy (non-hydrogen) atoms. The first-order valence-corrected chi connectivity index (χ1v) is 9.02. The Balaban J connectivity index is 2.04. The van der Waals surface area contributed by atoms with Gasteiger partial charge in [-0.3, -0.25) is 19.5 Å². The molecule has 6 nitrogen and oxygen atoms in total. The molecule has 0 bridgehead atoms. The van der Waals surface area contributed by atoms with Crippen LogP contribution in [-0.4, -0.2) is 46.8 Å². The normalized spacial score (nSPS) is 19.5. The van der Waals surface area contributed by atoms with Gasteiger partial charge >= 0.3 is 0 Å². The molecule has 0 unspecified atom stereocenters. The first-order chi connectivity index (χ1) is 11.6. The minimum atomic E-state index is -0.461. The highest BCUT2D eigenvalue weighted by atomic mass is 32.2. The van der Waals surface area contributed by atoms with E-state index >= 15 is 0 Å². The fraction of sp³-hybridized carbons (Fsp3) is 0.471. The average Bonchev–Trinajstić information content (AvgIpc) is 2.57. The van der Waals surface area contributed by atoms with Crippen LogP contribution in [0.3, 0.4) is 0 Å². The molecule has 1 N–H and O–H groups in total. The smallest absolute Gasteiger partial charge is 0.238 e. The predicted octanol–water partition coefficient (Wildman–Crippen LogP) is 2.75. The molecule has 7 heteroatoms. The van der Waals surface area contributed by atoms with Crippen molar-refractivity contribution in [2.24, 2.45) is 4.99 Å². The van der Waals surface area contributed by atoms with Crippen molar-refractivity contribution in [3.05, 3.63) is 24.3 Å². The number of nitrogens with one attached hydrogen (secondary N) is 1. The lowest BCUT2D eigenvalue weighted by Crippen LogP contribution is -2.45. The van der Waals surface area contributed by atoms with Gasteiger partial charge in [0.1, 0.15) is 11.0 Å². The molecule has 1 saturated heterocycles. The third-order valence-corrected chi connectivity index (χ3v) is 4.70. The third kappa shape index (κ3) is 4.50. The maximum absolute atomic E-state index is 12.5. The molecule has 1 atom stereocenters. The van der Waals surface area contributed by atoms with Crippen LogP contribution in [0.5, 0.6) is 5.75 Å². The Morgan fingerprint density at radius 1 is 1.33 bits per heavy atom. The minimum Gasteiger partial charge on any atom is -0.494 e. The van der Waals surface area contributed by atoms with Crippen LogP contribution in [0.15, 0.2) is 29.3 Å². The number of hydrogen-bond donors (Lipinski definition) is 1. The second kappa shape index (κ2) is 8.73. The standard InChI is InChI=1S/C17H23N3O3S/c1-4-18-17-20(5-2)15(21)11-14(24-17)16(22)19-12-7-9-13(10-8-12)23-6-3/h7-10,14H,4-6,11H2,1-3H3,(H,19,22)/t14-/m0/s1. The minimum absolute atomic E-state index is 0.0599. The van der Waals surface area contributed by atoms with E-state index in [2.05, 4.69) is 10.3 Å². The Bertz CT molecular complexity index is 616. The fourth-order valence-electron chi connectivity index (χ4n) is 2.35. The van der Waals surface area contributed by atoms with Crippen LogP contribution >= 0.6 is 11.8 Å². The summed E-state index contributed by atoms with van der Waals surface area (Å²) in [6.45, 7) is 7.48. The number of hydrogen-bond acceptors (Lipinski definition) is 5. The van der Waals surface area contributed by atoms with Crippen molar-refractivity contribution in [1.29, 1.82) is 0 Å². The van der Waals surface area contributed by atoms with Gasteiger partial charge in [0.2, 0.25) is 11.8 Å². The number of carbonyl (C=O) groups is 2. The summed E-state index contributed by atoms with van der Waals surface area (Å²) in [6, 6.07) is 7.19. The summed E-state index contributed by atoms with van der Waals surface area (Å²) < 4.78 is 5.38. The molecule has 1 fully saturated rings. The van der Waals surface area contributed by atoms with Gasteiger partial charge in [-0.15, -0.1) is 0 Å². The van der Waals surface area contributed by atoms with Crippen LogP contribution < -0.4 is 10.1 Å². The lowest BCUT2D eigenvalue weighted by molar-refractivity contribution is -0.129. The molecule has 1 aromatic rings. The van der Waals surface area contributed by atoms with Crippen LogP contribution in [0.2, 0.25) is 0 Å². The molecule has 0 saturated carbocycles. The Morgan fingerprint density at radius 2 is 2.04 bits per heavy atom. The van der Waals surface area contributed by atoms with Crippen LogP contribution in [0.1, 0.15) is 27.2 Å². The SMILES string of the molecule is CCN=C1S[C@H](C(=O)Nc2ccc(OCC)cc2)CC(=O)N1CC. The van der Waals surface area contributed by atoms with Gasteiger partial charge in [-0.25, -0.2) is 0 Å². The highest BCUT2D eigenvalue weighted by Crippen LogP contribution is 2.28. The quantitative estimate of drug-likeness (QED) is 0.857. The number of carbonyl (C=O) groups excluding carboxylic acids is 2. The summed E-state index contributed by atoms with van der Waals surface area (Å²) in [7, 11) is 0. The van der Waals surface area contributed by atoms with Gasteiger partial charge in [0.25, 0.3) is 0 Å². The Labute approximate surface area is 146 Å². The average molecular weight is 349 g/mol. The van der Waals surface area contributed by atoms with Crippen molar-refractivity contribution in [2.75, 3.05) is 25.0 Å². The first-order valence-electron chi connectivity index (χ1n) is 8.14. The van der Waals surface area contributed by atoms with Crippen LogP contribution in [-0.2, 0) is 9.59 Å². The number of amides is 2. The molecule has 2 amide bonds. The van der Waals surface area contributed by atoms with Crippen molar-refractivity contribution in [1.82, 2.24) is 4.90 Å². The number of anilines is 1. The van der Waals surface area contributed by atoms with Crippen molar-refractivity contribution >= 4 is 34.4 Å². The molecule has 0 radical (unpaired) electrons. The Kier molecular flexibility index (Phi) is 6.66. The van der Waals surface area contributed by atoms with E-state index in [0.717, 1.165) is 5.75 Å². The van der Waals surface area contributed by atoms with E-state index < -0.39 is 5.25 Å². The van der Waals surface area contributed by atoms with Gasteiger partial charge in [-0.2, -0.15) is 0 Å². The van der Waals surface area contributed by atoms with Crippen LogP contribution in [0.4, 0.5) is 5.69 Å². The molecule has 1 aliphatic rings. The summed E-state index contributed by atoms with van der Waals surface area (Å²) in [5.41, 5.74) is 0.684. The van der Waals surface area contributed by atoms with E-state index in [1.807, 2.05) is 20.8 Å². The summed E-state index contributed by atoms with van der Waals surface area (Å²) in [5.74, 6) is 0.515. The van der Waals surface area contributed by atoms with Crippen molar-refractivity contribution in [3.63, 3.8) is 0 Å². The molecule has 1 aromatic carbocycles. The van der Waals surface area contributed by atoms with E-state index in [9.17, 15) is 9.59 Å². The van der Waals surface area contributed by atoms with E-state index in [0.29, 0.717) is 30.6 Å². The zero-order valence-electron chi connectivity index (χ0n) is 14.2. The topological polar surface area (TPSA) is 71.0 Å². The summed E-state index contributed by atoms with van der Waals surface area (Å²) >= 11 is 1.35. The number of nitrogens with zero attached hydrogens (tertiary/aromatic N) is 2. The number of amidine groups is 1. The fourth-order valence-corrected chi connectivity index (χ4v) is 3.56. The van der Waals surface area contributed by atoms with Crippen LogP contribution in [0, 0.1) is 0 Å². The molecule has 0 aliphatic carbocycles. The molecular formula is C17H23N3O3S. The van der Waals surface area contributed by atoms with Gasteiger partial charge in [0.05, 0.1) is 6.61 Å². The molecule has 0 spiro atoms. The van der Waals surface area contributed by atoms with E-state index in [1.54, 1.807) is 29.2 Å². The summed E-state index contributed by atoms with van der Waals surface area (Å²) in [6.07, 6.45) is 0.185. The van der Waals surface area contributed by atoms with Crippen molar-refractivity contribution < 1.29 is 14.3 Å². The summed E-state index contributed by atoms with van der Waals surface area (Å²) in [4.78, 5) is 30.7. The maximum Gasteiger partial charge on any atom is 0.238 e. The van der Waals surface area contributed by atoms with Crippen molar-refractivity contribution in [2.45, 2.75) is 32.4 Å². The summed E-state index contributed by atoms with van der Waals surface area (Å²) in [5, 5.41) is 3.02. The van der Waals surface area contributed by atoms with Gasteiger partial charge in [0, 0.05) is 25.2 Å². The molecule has 1 heterocycles. The van der Waals surface area contributed by atoms with E-state index in [4.69, 9.17) is 4.74 Å². The first kappa shape index (κ1) is 18.3. The second-order valence-electron chi connectivity index (χ2n) is 5.15. The predicted molar refractivity (Wildman–Crippen MR) is 97.6 cm³/mol. The maximum atomic E-state index is 12.5. The van der Waals surface area contributed by atoms with E-state index in [1.165, 1.54) is 11.8 Å². The monoisotopic (exact) mass is 349 g/mol. The van der Waals surface area contributed by atoms with E-state index in [-0.39, 0.29) is 18.2 Å². The van der Waals surface area contributed by atoms with Gasteiger partial charge in [-0.1, -0.05) is 11.8 Å². The van der Waals surface area contributed by atoms with Crippen LogP contribution in [0.25, 0.3) is 0 Å². The lowest BCUT2D eigenvalue weighted by atomic mass is 10.2. The third-order valence-electron chi connectivity index (χ3n) is 3.47. The van der Waals surface area contributed by atoms with Crippen molar-refractivity contribution in [3.8, 4) is 5.75 Å². The highest BCUT2D eigenvalue weighted by Gasteiger charge is 2.34. The largest absolute Gasteiger partial charge is 0.494 e. The molecule has 0 aromatic heterocycles. The number of benzene rings is 1. The lowest BCUT2D eigenvalue weighted by Gasteiger charge is -2.30. The molecule has 2 rings (SSSR count). The molecule has 1 aliphatic heterocycles. The number of rotatable bonds is 6. The zero-order valence-corrected chi connectivity index (χ0v) is 15.1. The number of ether oxygens (including phenoxy) is 1. The second-order valence-corrected chi connectivity index (χ2v) is 6.32. The number of aliphatic imine (C=N–C) groups is 1. The highest BCUT2D eigenvalue weighted by molar-refractivity contribution is 8.15. The van der Waals surface area contributed by atoms with Gasteiger partial charge in [-0.05, 0) is 45.0 Å². The molecule has 130 valence electrons. The molecular weight excluding hydrogens is 326 g/mol. The Hall–Kier alpha value is -2.02. The Morgan fingerprint density at radius 3 is 2.62 bits per heavy atom. The van der Waals surface area contributed by atoms with Gasteiger partial charge < -0.3 is 10.1 Å². The number of thioether (sulfide) groups is 1. The van der Waals surface area contributed by atoms with Gasteiger partial charge in [0.15, 0.2) is 5.17 Å². The zero-order chi connectivity index (χ0) is 17.5.